The normalized spacial score (nSPS) is 25.4. The zero-order chi connectivity index (χ0) is 17.8. The van der Waals surface area contributed by atoms with Crippen molar-refractivity contribution in [2.45, 2.75) is 53.4 Å². The van der Waals surface area contributed by atoms with E-state index in [1.165, 1.54) is 0 Å². The first kappa shape index (κ1) is 18.5. The lowest BCUT2D eigenvalue weighted by molar-refractivity contribution is -0.138. The average molecular weight is 334 g/mol. The van der Waals surface area contributed by atoms with Crippen LogP contribution in [0.1, 0.15) is 52.8 Å². The van der Waals surface area contributed by atoms with Gasteiger partial charge in [-0.15, -0.1) is 0 Å². The topological polar surface area (TPSA) is 86.9 Å². The van der Waals surface area contributed by atoms with Crippen molar-refractivity contribution in [1.82, 2.24) is 20.6 Å². The number of carbonyl (C=O) groups is 2. The second-order valence-electron chi connectivity index (χ2n) is 7.43. The smallest absolute Gasteiger partial charge is 0.226 e. The Hall–Kier alpha value is -1.85. The molecule has 0 spiro atoms. The first-order valence-electron chi connectivity index (χ1n) is 8.87. The van der Waals surface area contributed by atoms with E-state index in [0.29, 0.717) is 13.1 Å². The van der Waals surface area contributed by atoms with E-state index in [-0.39, 0.29) is 23.1 Å². The first-order chi connectivity index (χ1) is 11.3. The van der Waals surface area contributed by atoms with E-state index >= 15 is 0 Å². The lowest BCUT2D eigenvalue weighted by Gasteiger charge is -2.39. The summed E-state index contributed by atoms with van der Waals surface area (Å²) in [4.78, 5) is 32.4. The van der Waals surface area contributed by atoms with Gasteiger partial charge in [-0.2, -0.15) is 0 Å². The predicted octanol–water partition coefficient (Wildman–Crippen LogP) is 2.04. The van der Waals surface area contributed by atoms with Gasteiger partial charge in [0.25, 0.3) is 0 Å². The van der Waals surface area contributed by atoms with Gasteiger partial charge in [0, 0.05) is 37.8 Å². The highest BCUT2D eigenvalue weighted by molar-refractivity contribution is 5.87. The number of aromatic amines is 1. The Labute approximate surface area is 144 Å². The Morgan fingerprint density at radius 3 is 2.71 bits per heavy atom. The number of carbonyl (C=O) groups excluding carboxylic acids is 2. The Morgan fingerprint density at radius 1 is 1.33 bits per heavy atom. The van der Waals surface area contributed by atoms with E-state index in [1.807, 2.05) is 27.7 Å². The fraction of sp³-hybridized carbons (Fsp3) is 0.722. The maximum absolute atomic E-state index is 12.8. The lowest BCUT2D eigenvalue weighted by Crippen LogP contribution is -2.49. The number of imidazole rings is 1. The van der Waals surface area contributed by atoms with E-state index < -0.39 is 5.41 Å². The van der Waals surface area contributed by atoms with Crippen LogP contribution >= 0.6 is 0 Å². The Balaban J connectivity index is 1.91. The number of H-pyrrole nitrogens is 1. The highest BCUT2D eigenvalue weighted by Crippen LogP contribution is 2.56. The fourth-order valence-corrected chi connectivity index (χ4v) is 3.75. The molecule has 2 amide bonds. The van der Waals surface area contributed by atoms with Crippen LogP contribution in [-0.2, 0) is 16.0 Å². The second-order valence-corrected chi connectivity index (χ2v) is 7.43. The Kier molecular flexibility index (Phi) is 5.67. The summed E-state index contributed by atoms with van der Waals surface area (Å²) >= 11 is 0. The van der Waals surface area contributed by atoms with Crippen molar-refractivity contribution >= 4 is 11.8 Å². The van der Waals surface area contributed by atoms with Gasteiger partial charge in [-0.25, -0.2) is 4.98 Å². The molecule has 0 unspecified atom stereocenters. The van der Waals surface area contributed by atoms with E-state index in [9.17, 15) is 9.59 Å². The van der Waals surface area contributed by atoms with Gasteiger partial charge >= 0.3 is 0 Å². The molecule has 2 rings (SSSR count). The van der Waals surface area contributed by atoms with Crippen molar-refractivity contribution < 1.29 is 9.59 Å². The summed E-state index contributed by atoms with van der Waals surface area (Å²) < 4.78 is 0. The van der Waals surface area contributed by atoms with Crippen molar-refractivity contribution in [3.8, 4) is 0 Å². The molecule has 6 nitrogen and oxygen atoms in total. The van der Waals surface area contributed by atoms with Crippen molar-refractivity contribution in [1.29, 1.82) is 0 Å². The third-order valence-corrected chi connectivity index (χ3v) is 5.83. The number of aryl methyl sites for hydroxylation is 1. The fourth-order valence-electron chi connectivity index (χ4n) is 3.75. The average Bonchev–Trinajstić information content (AvgIpc) is 3.11. The standard InChI is InChI=1S/C18H30N4O2/c1-5-19-15(23)13-8-9-18(4,17(13,2)3)16(24)22-10-6-7-14-20-11-12-21-14/h11-13H,5-10H2,1-4H3,(H,19,23)(H,20,21)(H,22,24)/t13-,18+/m1/s1. The van der Waals surface area contributed by atoms with Crippen LogP contribution in [-0.4, -0.2) is 34.9 Å². The van der Waals surface area contributed by atoms with Crippen molar-refractivity contribution in [3.05, 3.63) is 18.2 Å². The molecule has 1 saturated carbocycles. The molecule has 0 radical (unpaired) electrons. The summed E-state index contributed by atoms with van der Waals surface area (Å²) in [5, 5.41) is 5.97. The van der Waals surface area contributed by atoms with Gasteiger partial charge < -0.3 is 15.6 Å². The van der Waals surface area contributed by atoms with E-state index in [1.54, 1.807) is 12.4 Å². The zero-order valence-electron chi connectivity index (χ0n) is 15.2. The minimum atomic E-state index is -0.520. The molecule has 0 bridgehead atoms. The summed E-state index contributed by atoms with van der Waals surface area (Å²) in [5.41, 5.74) is -0.884. The molecule has 1 aliphatic carbocycles. The summed E-state index contributed by atoms with van der Waals surface area (Å²) in [6.45, 7) is 9.25. The number of hydrogen-bond acceptors (Lipinski definition) is 3. The van der Waals surface area contributed by atoms with Crippen LogP contribution in [0.15, 0.2) is 12.4 Å². The molecule has 0 saturated heterocycles. The molecule has 2 atom stereocenters. The van der Waals surface area contributed by atoms with E-state index in [0.717, 1.165) is 31.5 Å². The SMILES string of the molecule is CCNC(=O)[C@H]1CC[C@@](C)(C(=O)NCCCc2ncc[nH]2)C1(C)C. The monoisotopic (exact) mass is 334 g/mol. The van der Waals surface area contributed by atoms with Crippen LogP contribution < -0.4 is 10.6 Å². The third kappa shape index (κ3) is 3.47. The molecular weight excluding hydrogens is 304 g/mol. The van der Waals surface area contributed by atoms with Crippen LogP contribution in [0, 0.1) is 16.7 Å². The molecule has 1 aromatic heterocycles. The van der Waals surface area contributed by atoms with E-state index in [4.69, 9.17) is 0 Å². The van der Waals surface area contributed by atoms with Crippen molar-refractivity contribution in [2.24, 2.45) is 16.7 Å². The maximum Gasteiger partial charge on any atom is 0.226 e. The van der Waals surface area contributed by atoms with Crippen LogP contribution in [0.25, 0.3) is 0 Å². The summed E-state index contributed by atoms with van der Waals surface area (Å²) in [7, 11) is 0. The molecule has 1 aliphatic rings. The predicted molar refractivity (Wildman–Crippen MR) is 93.2 cm³/mol. The number of amides is 2. The Morgan fingerprint density at radius 2 is 2.08 bits per heavy atom. The van der Waals surface area contributed by atoms with Crippen LogP contribution in [0.4, 0.5) is 0 Å². The van der Waals surface area contributed by atoms with Crippen LogP contribution in [0.5, 0.6) is 0 Å². The first-order valence-corrected chi connectivity index (χ1v) is 8.87. The number of hydrogen-bond donors (Lipinski definition) is 3. The lowest BCUT2D eigenvalue weighted by atomic mass is 9.65. The van der Waals surface area contributed by atoms with Gasteiger partial charge in [0.1, 0.15) is 5.82 Å². The quantitative estimate of drug-likeness (QED) is 0.667. The molecule has 134 valence electrons. The van der Waals surface area contributed by atoms with Gasteiger partial charge in [0.15, 0.2) is 0 Å². The van der Waals surface area contributed by atoms with Gasteiger partial charge in [0.2, 0.25) is 11.8 Å². The molecular formula is C18H30N4O2. The number of nitrogens with zero attached hydrogens (tertiary/aromatic N) is 1. The summed E-state index contributed by atoms with van der Waals surface area (Å²) in [5.74, 6) is 0.944. The molecule has 1 aromatic rings. The third-order valence-electron chi connectivity index (χ3n) is 5.83. The van der Waals surface area contributed by atoms with Crippen molar-refractivity contribution in [2.75, 3.05) is 13.1 Å². The van der Waals surface area contributed by atoms with Gasteiger partial charge in [-0.1, -0.05) is 20.8 Å². The minimum absolute atomic E-state index is 0.0544. The largest absolute Gasteiger partial charge is 0.356 e. The molecule has 24 heavy (non-hydrogen) atoms. The molecule has 0 aliphatic heterocycles. The minimum Gasteiger partial charge on any atom is -0.356 e. The molecule has 1 fully saturated rings. The number of aromatic nitrogens is 2. The summed E-state index contributed by atoms with van der Waals surface area (Å²) in [6, 6.07) is 0. The Bertz CT molecular complexity index is 568. The van der Waals surface area contributed by atoms with Crippen molar-refractivity contribution in [3.63, 3.8) is 0 Å². The number of rotatable bonds is 7. The van der Waals surface area contributed by atoms with Crippen LogP contribution in [0.3, 0.4) is 0 Å². The van der Waals surface area contributed by atoms with E-state index in [2.05, 4.69) is 20.6 Å². The molecule has 1 heterocycles. The van der Waals surface area contributed by atoms with Gasteiger partial charge in [-0.05, 0) is 31.6 Å². The number of nitrogens with one attached hydrogen (secondary N) is 3. The molecule has 0 aromatic carbocycles. The summed E-state index contributed by atoms with van der Waals surface area (Å²) in [6.07, 6.45) is 6.69. The van der Waals surface area contributed by atoms with Gasteiger partial charge in [-0.3, -0.25) is 9.59 Å². The molecule has 3 N–H and O–H groups in total. The maximum atomic E-state index is 12.8. The van der Waals surface area contributed by atoms with Crippen LogP contribution in [0.2, 0.25) is 0 Å². The highest BCUT2D eigenvalue weighted by atomic mass is 16.2. The zero-order valence-corrected chi connectivity index (χ0v) is 15.2. The highest BCUT2D eigenvalue weighted by Gasteiger charge is 2.57. The second kappa shape index (κ2) is 7.36. The van der Waals surface area contributed by atoms with Gasteiger partial charge in [0.05, 0.1) is 5.41 Å². The molecule has 6 heteroatoms.